The smallest absolute Gasteiger partial charge is 0.407 e. The summed E-state index contributed by atoms with van der Waals surface area (Å²) in [6.45, 7) is 12.7. The average molecular weight is 420 g/mol. The summed E-state index contributed by atoms with van der Waals surface area (Å²) < 4.78 is 16.8. The number of carbonyl (C=O) groups is 2. The van der Waals surface area contributed by atoms with Crippen LogP contribution in [0, 0.1) is 5.41 Å². The van der Waals surface area contributed by atoms with Gasteiger partial charge in [-0.05, 0) is 30.6 Å². The molecule has 3 atom stereocenters. The van der Waals surface area contributed by atoms with E-state index in [4.69, 9.17) is 13.9 Å². The van der Waals surface area contributed by atoms with E-state index >= 15 is 0 Å². The van der Waals surface area contributed by atoms with Crippen LogP contribution in [-0.2, 0) is 18.7 Å². The monoisotopic (exact) mass is 419 g/mol. The van der Waals surface area contributed by atoms with E-state index in [1.165, 1.54) is 7.11 Å². The van der Waals surface area contributed by atoms with Crippen molar-refractivity contribution in [2.24, 2.45) is 5.41 Å². The third-order valence-corrected chi connectivity index (χ3v) is 10.6. The number of rotatable bonds is 6. The van der Waals surface area contributed by atoms with E-state index in [1.807, 2.05) is 36.4 Å². The number of nitrogens with one attached hydrogen (secondary N) is 1. The van der Waals surface area contributed by atoms with Crippen LogP contribution in [0.4, 0.5) is 4.79 Å². The van der Waals surface area contributed by atoms with E-state index in [0.717, 1.165) is 5.56 Å². The third kappa shape index (κ3) is 5.08. The predicted molar refractivity (Wildman–Crippen MR) is 116 cm³/mol. The molecule has 1 heterocycles. The summed E-state index contributed by atoms with van der Waals surface area (Å²) in [4.78, 5) is 24.9. The van der Waals surface area contributed by atoms with Crippen LogP contribution in [0.2, 0.25) is 18.1 Å². The van der Waals surface area contributed by atoms with Gasteiger partial charge in [0, 0.05) is 0 Å². The zero-order valence-electron chi connectivity index (χ0n) is 18.4. The number of ether oxygens (including phenoxy) is 2. The van der Waals surface area contributed by atoms with Crippen LogP contribution in [0.3, 0.4) is 0 Å². The lowest BCUT2D eigenvalue weighted by atomic mass is 9.78. The highest BCUT2D eigenvalue weighted by Crippen LogP contribution is 2.43. The number of alkyl carbamates (subject to hydrolysis) is 1. The van der Waals surface area contributed by atoms with Crippen LogP contribution in [0.15, 0.2) is 36.4 Å². The molecule has 6 nitrogen and oxygen atoms in total. The molecule has 0 radical (unpaired) electrons. The van der Waals surface area contributed by atoms with Gasteiger partial charge in [0.25, 0.3) is 0 Å². The zero-order chi connectivity index (χ0) is 21.9. The van der Waals surface area contributed by atoms with E-state index in [9.17, 15) is 9.59 Å². The normalized spacial score (nSPS) is 23.7. The fourth-order valence-electron chi connectivity index (χ4n) is 2.98. The maximum atomic E-state index is 12.9. The maximum absolute atomic E-state index is 12.9. The Labute approximate surface area is 174 Å². The minimum atomic E-state index is -2.17. The minimum Gasteiger partial charge on any atom is -0.462 e. The molecule has 1 aromatic carbocycles. The number of hydrogen-bond donors (Lipinski definition) is 1. The summed E-state index contributed by atoms with van der Waals surface area (Å²) in [6, 6.07) is 9.03. The van der Waals surface area contributed by atoms with Gasteiger partial charge in [-0.15, -0.1) is 0 Å². The van der Waals surface area contributed by atoms with Gasteiger partial charge in [-0.3, -0.25) is 4.79 Å². The Hall–Kier alpha value is -2.12. The van der Waals surface area contributed by atoms with E-state index in [0.29, 0.717) is 0 Å². The van der Waals surface area contributed by atoms with E-state index < -0.39 is 32.0 Å². The van der Waals surface area contributed by atoms with E-state index in [-0.39, 0.29) is 17.6 Å². The van der Waals surface area contributed by atoms with Crippen molar-refractivity contribution in [3.05, 3.63) is 42.0 Å². The standard InChI is InChI=1S/C22H33NO5Si/c1-21(2,3)29(6,7)28-18-15-27-19(24)22(18,4)17(23-20(25)26-5)14-13-16-11-9-8-10-12-16/h8-14,17-18H,15H2,1-7H3,(H,23,25)/b14-13+/t17?,18-,22+/m1/s1. The van der Waals surface area contributed by atoms with E-state index in [2.05, 4.69) is 39.2 Å². The van der Waals surface area contributed by atoms with Gasteiger partial charge in [0.05, 0.1) is 19.3 Å². The molecule has 1 N–H and O–H groups in total. The summed E-state index contributed by atoms with van der Waals surface area (Å²) in [7, 11) is -0.872. The first-order valence-corrected chi connectivity index (χ1v) is 12.8. The molecule has 1 saturated heterocycles. The summed E-state index contributed by atoms with van der Waals surface area (Å²) in [5, 5.41) is 2.77. The molecule has 1 amide bonds. The summed E-state index contributed by atoms with van der Waals surface area (Å²) >= 11 is 0. The van der Waals surface area contributed by atoms with Crippen molar-refractivity contribution in [3.8, 4) is 0 Å². The average Bonchev–Trinajstić information content (AvgIpc) is 2.93. The molecule has 1 fully saturated rings. The zero-order valence-corrected chi connectivity index (χ0v) is 19.4. The van der Waals surface area contributed by atoms with Gasteiger partial charge in [0.2, 0.25) is 0 Å². The first-order valence-electron chi connectivity index (χ1n) is 9.84. The fraction of sp³-hybridized carbons (Fsp3) is 0.545. The van der Waals surface area contributed by atoms with Crippen molar-refractivity contribution in [1.29, 1.82) is 0 Å². The molecule has 0 aromatic heterocycles. The fourth-order valence-corrected chi connectivity index (χ4v) is 4.36. The van der Waals surface area contributed by atoms with Crippen LogP contribution < -0.4 is 5.32 Å². The molecular formula is C22H33NO5Si. The van der Waals surface area contributed by atoms with Crippen molar-refractivity contribution < 1.29 is 23.5 Å². The number of carbonyl (C=O) groups excluding carboxylic acids is 2. The Morgan fingerprint density at radius 3 is 2.48 bits per heavy atom. The van der Waals surface area contributed by atoms with Gasteiger partial charge in [0.1, 0.15) is 12.0 Å². The second-order valence-electron chi connectivity index (χ2n) is 9.13. The first-order chi connectivity index (χ1) is 13.4. The predicted octanol–water partition coefficient (Wildman–Crippen LogP) is 4.38. The lowest BCUT2D eigenvalue weighted by Gasteiger charge is -2.42. The molecule has 0 bridgehead atoms. The highest BCUT2D eigenvalue weighted by Gasteiger charge is 2.57. The second kappa shape index (κ2) is 8.71. The number of hydrogen-bond acceptors (Lipinski definition) is 5. The molecule has 0 spiro atoms. The third-order valence-electron chi connectivity index (χ3n) is 6.10. The number of benzene rings is 1. The van der Waals surface area contributed by atoms with Gasteiger partial charge in [-0.25, -0.2) is 4.79 Å². The largest absolute Gasteiger partial charge is 0.462 e. The lowest BCUT2D eigenvalue weighted by molar-refractivity contribution is -0.146. The Bertz CT molecular complexity index is 756. The molecule has 1 unspecified atom stereocenters. The Morgan fingerprint density at radius 2 is 1.93 bits per heavy atom. The van der Waals surface area contributed by atoms with Crippen LogP contribution in [0.5, 0.6) is 0 Å². The van der Waals surface area contributed by atoms with Crippen molar-refractivity contribution in [2.45, 2.75) is 58.0 Å². The maximum Gasteiger partial charge on any atom is 0.407 e. The summed E-state index contributed by atoms with van der Waals surface area (Å²) in [5.41, 5.74) is -0.115. The molecule has 0 aliphatic carbocycles. The van der Waals surface area contributed by atoms with Gasteiger partial charge in [-0.2, -0.15) is 0 Å². The van der Waals surface area contributed by atoms with Crippen molar-refractivity contribution in [1.82, 2.24) is 5.32 Å². The van der Waals surface area contributed by atoms with Gasteiger partial charge >= 0.3 is 12.1 Å². The molecule has 7 heteroatoms. The van der Waals surface area contributed by atoms with Crippen molar-refractivity contribution >= 4 is 26.5 Å². The van der Waals surface area contributed by atoms with Crippen LogP contribution in [0.25, 0.3) is 6.08 Å². The van der Waals surface area contributed by atoms with E-state index in [1.54, 1.807) is 13.0 Å². The molecule has 1 aromatic rings. The number of amides is 1. The van der Waals surface area contributed by atoms with Crippen molar-refractivity contribution in [3.63, 3.8) is 0 Å². The minimum absolute atomic E-state index is 0.0231. The SMILES string of the molecule is COC(=O)NC(/C=C/c1ccccc1)[C@]1(C)C(=O)OC[C@H]1O[Si](C)(C)C(C)(C)C. The Kier molecular flexibility index (Phi) is 6.96. The van der Waals surface area contributed by atoms with Crippen molar-refractivity contribution in [2.75, 3.05) is 13.7 Å². The second-order valence-corrected chi connectivity index (χ2v) is 13.9. The number of methoxy groups -OCH3 is 1. The lowest BCUT2D eigenvalue weighted by Crippen LogP contribution is -2.56. The molecular weight excluding hydrogens is 386 g/mol. The molecule has 29 heavy (non-hydrogen) atoms. The van der Waals surface area contributed by atoms with Gasteiger partial charge < -0.3 is 19.2 Å². The Balaban J connectivity index is 2.39. The van der Waals surface area contributed by atoms with Crippen LogP contribution in [0.1, 0.15) is 33.3 Å². The molecule has 0 saturated carbocycles. The van der Waals surface area contributed by atoms with Gasteiger partial charge in [-0.1, -0.05) is 63.3 Å². The number of esters is 1. The highest BCUT2D eigenvalue weighted by atomic mass is 28.4. The molecule has 160 valence electrons. The molecule has 1 aliphatic rings. The highest BCUT2D eigenvalue weighted by molar-refractivity contribution is 6.74. The van der Waals surface area contributed by atoms with Crippen LogP contribution in [-0.4, -0.2) is 46.2 Å². The molecule has 1 aliphatic heterocycles. The topological polar surface area (TPSA) is 73.9 Å². The Morgan fingerprint density at radius 1 is 1.31 bits per heavy atom. The van der Waals surface area contributed by atoms with Crippen LogP contribution >= 0.6 is 0 Å². The summed E-state index contributed by atoms with van der Waals surface area (Å²) in [5.74, 6) is -0.389. The number of cyclic esters (lactones) is 1. The molecule has 2 rings (SSSR count). The van der Waals surface area contributed by atoms with Gasteiger partial charge in [0.15, 0.2) is 8.32 Å². The summed E-state index contributed by atoms with van der Waals surface area (Å²) in [6.07, 6.45) is 2.60. The first kappa shape index (κ1) is 23.2. The quantitative estimate of drug-likeness (QED) is 0.547.